The maximum absolute atomic E-state index is 11.2. The molecule has 0 saturated carbocycles. The number of carbonyl (C=O) groups excluding carboxylic acids is 2. The summed E-state index contributed by atoms with van der Waals surface area (Å²) < 4.78 is 5.02. The van der Waals surface area contributed by atoms with Gasteiger partial charge in [-0.15, -0.1) is 0 Å². The van der Waals surface area contributed by atoms with Crippen LogP contribution in [0, 0.1) is 0 Å². The van der Waals surface area contributed by atoms with Crippen LogP contribution in [0.25, 0.3) is 0 Å². The van der Waals surface area contributed by atoms with E-state index in [-0.39, 0.29) is 12.3 Å². The number of urea groups is 1. The van der Waals surface area contributed by atoms with Crippen LogP contribution in [0.15, 0.2) is 24.3 Å². The number of hydrogen-bond donors (Lipinski definition) is 3. The van der Waals surface area contributed by atoms with E-state index in [2.05, 4.69) is 5.43 Å². The molecule has 0 spiro atoms. The van der Waals surface area contributed by atoms with Crippen molar-refractivity contribution in [2.75, 3.05) is 7.11 Å². The number of primary amides is 1. The summed E-state index contributed by atoms with van der Waals surface area (Å²) in [5.41, 5.74) is 10.0. The summed E-state index contributed by atoms with van der Waals surface area (Å²) in [5.74, 6) is 0.480. The zero-order valence-electron chi connectivity index (χ0n) is 9.53. The van der Waals surface area contributed by atoms with Crippen molar-refractivity contribution in [3.8, 4) is 5.75 Å². The Morgan fingerprint density at radius 1 is 1.24 bits per heavy atom. The minimum Gasteiger partial charge on any atom is -0.497 e. The van der Waals surface area contributed by atoms with E-state index in [4.69, 9.17) is 10.5 Å². The molecule has 4 N–H and O–H groups in total. The zero-order chi connectivity index (χ0) is 12.7. The lowest BCUT2D eigenvalue weighted by molar-refractivity contribution is -0.121. The van der Waals surface area contributed by atoms with Gasteiger partial charge < -0.3 is 10.5 Å². The highest BCUT2D eigenvalue weighted by Gasteiger charge is 2.02. The van der Waals surface area contributed by atoms with E-state index in [1.54, 1.807) is 7.11 Å². The first kappa shape index (κ1) is 12.8. The van der Waals surface area contributed by atoms with Gasteiger partial charge in [0, 0.05) is 6.42 Å². The number of methoxy groups -OCH3 is 1. The number of hydrazine groups is 1. The number of nitrogens with one attached hydrogen (secondary N) is 2. The smallest absolute Gasteiger partial charge is 0.330 e. The van der Waals surface area contributed by atoms with Crippen LogP contribution >= 0.6 is 0 Å². The van der Waals surface area contributed by atoms with Crippen LogP contribution in [0.1, 0.15) is 12.0 Å². The maximum Gasteiger partial charge on any atom is 0.330 e. The summed E-state index contributed by atoms with van der Waals surface area (Å²) in [7, 11) is 1.60. The Labute approximate surface area is 99.1 Å². The van der Waals surface area contributed by atoms with E-state index in [9.17, 15) is 9.59 Å². The molecule has 0 aromatic heterocycles. The highest BCUT2D eigenvalue weighted by Crippen LogP contribution is 2.12. The van der Waals surface area contributed by atoms with Gasteiger partial charge in [-0.05, 0) is 24.1 Å². The lowest BCUT2D eigenvalue weighted by Crippen LogP contribution is -2.44. The third-order valence-electron chi connectivity index (χ3n) is 2.12. The van der Waals surface area contributed by atoms with Crippen molar-refractivity contribution in [3.63, 3.8) is 0 Å². The van der Waals surface area contributed by atoms with Crippen LogP contribution in [0.4, 0.5) is 4.79 Å². The van der Waals surface area contributed by atoms with Crippen LogP contribution in [0.3, 0.4) is 0 Å². The topological polar surface area (TPSA) is 93.4 Å². The van der Waals surface area contributed by atoms with Crippen LogP contribution in [-0.2, 0) is 11.2 Å². The molecule has 0 aliphatic carbocycles. The molecule has 6 heteroatoms. The number of benzene rings is 1. The second-order valence-corrected chi connectivity index (χ2v) is 3.39. The van der Waals surface area contributed by atoms with E-state index in [1.807, 2.05) is 29.7 Å². The second kappa shape index (κ2) is 6.37. The molecule has 1 rings (SSSR count). The molecule has 6 nitrogen and oxygen atoms in total. The first-order chi connectivity index (χ1) is 8.11. The number of hydrogen-bond acceptors (Lipinski definition) is 3. The van der Waals surface area contributed by atoms with E-state index in [1.165, 1.54) is 0 Å². The largest absolute Gasteiger partial charge is 0.497 e. The van der Waals surface area contributed by atoms with E-state index < -0.39 is 6.03 Å². The monoisotopic (exact) mass is 237 g/mol. The van der Waals surface area contributed by atoms with Gasteiger partial charge in [-0.1, -0.05) is 12.1 Å². The van der Waals surface area contributed by atoms with Crippen molar-refractivity contribution in [2.24, 2.45) is 5.73 Å². The Hall–Kier alpha value is -2.24. The van der Waals surface area contributed by atoms with Crippen LogP contribution in [0.5, 0.6) is 5.75 Å². The minimum atomic E-state index is -0.789. The first-order valence-corrected chi connectivity index (χ1v) is 5.09. The minimum absolute atomic E-state index is 0.270. The fourth-order valence-corrected chi connectivity index (χ4v) is 1.24. The molecule has 0 radical (unpaired) electrons. The Bertz CT molecular complexity index is 389. The van der Waals surface area contributed by atoms with E-state index in [0.717, 1.165) is 11.3 Å². The molecule has 0 heterocycles. The molecule has 0 bridgehead atoms. The lowest BCUT2D eigenvalue weighted by Gasteiger charge is -2.05. The Kier molecular flexibility index (Phi) is 4.80. The summed E-state index contributed by atoms with van der Waals surface area (Å²) in [6.45, 7) is 0. The highest BCUT2D eigenvalue weighted by atomic mass is 16.5. The van der Waals surface area contributed by atoms with Gasteiger partial charge in [0.15, 0.2) is 0 Å². The maximum atomic E-state index is 11.2. The van der Waals surface area contributed by atoms with Crippen LogP contribution in [0.2, 0.25) is 0 Å². The number of carbonyl (C=O) groups is 2. The van der Waals surface area contributed by atoms with Crippen molar-refractivity contribution in [1.29, 1.82) is 0 Å². The number of nitrogens with two attached hydrogens (primary N) is 1. The molecule has 0 saturated heterocycles. The predicted octanol–water partition coefficient (Wildman–Crippen LogP) is 0.327. The van der Waals surface area contributed by atoms with Gasteiger partial charge >= 0.3 is 6.03 Å². The predicted molar refractivity (Wildman–Crippen MR) is 62.2 cm³/mol. The molecule has 0 fully saturated rings. The van der Waals surface area contributed by atoms with Crippen molar-refractivity contribution in [3.05, 3.63) is 29.8 Å². The van der Waals surface area contributed by atoms with Gasteiger partial charge in [-0.25, -0.2) is 10.2 Å². The number of rotatable bonds is 4. The van der Waals surface area contributed by atoms with E-state index in [0.29, 0.717) is 6.42 Å². The lowest BCUT2D eigenvalue weighted by atomic mass is 10.1. The van der Waals surface area contributed by atoms with Gasteiger partial charge in [0.1, 0.15) is 5.75 Å². The molecule has 0 aliphatic rings. The van der Waals surface area contributed by atoms with Crippen LogP contribution in [-0.4, -0.2) is 19.0 Å². The Balaban J connectivity index is 2.34. The summed E-state index contributed by atoms with van der Waals surface area (Å²) in [4.78, 5) is 21.6. The Morgan fingerprint density at radius 3 is 2.41 bits per heavy atom. The highest BCUT2D eigenvalue weighted by molar-refractivity contribution is 5.80. The molecular weight excluding hydrogens is 222 g/mol. The van der Waals surface area contributed by atoms with Crippen molar-refractivity contribution < 1.29 is 14.3 Å². The molecule has 1 aromatic rings. The number of amides is 3. The fraction of sp³-hybridized carbons (Fsp3) is 0.273. The fourth-order valence-electron chi connectivity index (χ4n) is 1.24. The van der Waals surface area contributed by atoms with Gasteiger partial charge in [0.2, 0.25) is 5.91 Å². The first-order valence-electron chi connectivity index (χ1n) is 5.09. The second-order valence-electron chi connectivity index (χ2n) is 3.39. The summed E-state index contributed by atoms with van der Waals surface area (Å²) >= 11 is 0. The Morgan fingerprint density at radius 2 is 1.88 bits per heavy atom. The number of ether oxygens (including phenoxy) is 1. The van der Waals surface area contributed by atoms with Crippen molar-refractivity contribution in [1.82, 2.24) is 10.9 Å². The van der Waals surface area contributed by atoms with E-state index >= 15 is 0 Å². The van der Waals surface area contributed by atoms with Crippen molar-refractivity contribution in [2.45, 2.75) is 12.8 Å². The molecule has 0 atom stereocenters. The molecule has 3 amide bonds. The zero-order valence-corrected chi connectivity index (χ0v) is 9.53. The summed E-state index contributed by atoms with van der Waals surface area (Å²) in [6.07, 6.45) is 0.850. The molecular formula is C11H15N3O3. The van der Waals surface area contributed by atoms with Gasteiger partial charge in [0.05, 0.1) is 7.11 Å². The standard InChI is InChI=1S/C11H15N3O3/c1-17-9-5-2-8(3-6-9)4-7-10(15)13-14-11(12)16/h2-3,5-6H,4,7H2,1H3,(H,13,15)(H3,12,14,16). The molecule has 92 valence electrons. The molecule has 0 unspecified atom stereocenters. The average molecular weight is 237 g/mol. The van der Waals surface area contributed by atoms with Crippen LogP contribution < -0.4 is 21.3 Å². The average Bonchev–Trinajstić information content (AvgIpc) is 2.34. The molecule has 1 aromatic carbocycles. The summed E-state index contributed by atoms with van der Waals surface area (Å²) in [5, 5.41) is 0. The quantitative estimate of drug-likeness (QED) is 0.658. The molecule has 0 aliphatic heterocycles. The molecule has 17 heavy (non-hydrogen) atoms. The third-order valence-corrected chi connectivity index (χ3v) is 2.12. The third kappa shape index (κ3) is 4.87. The normalized spacial score (nSPS) is 9.47. The van der Waals surface area contributed by atoms with Gasteiger partial charge in [-0.2, -0.15) is 0 Å². The summed E-state index contributed by atoms with van der Waals surface area (Å²) in [6, 6.07) is 6.63. The van der Waals surface area contributed by atoms with Gasteiger partial charge in [-0.3, -0.25) is 10.2 Å². The van der Waals surface area contributed by atoms with Crippen molar-refractivity contribution >= 4 is 11.9 Å². The van der Waals surface area contributed by atoms with Gasteiger partial charge in [0.25, 0.3) is 0 Å². The number of aryl methyl sites for hydroxylation is 1. The SMILES string of the molecule is COc1ccc(CCC(=O)NNC(N)=O)cc1.